The van der Waals surface area contributed by atoms with Crippen LogP contribution in [0.15, 0.2) is 89.0 Å². The normalized spacial score (nSPS) is 11.1. The monoisotopic (exact) mass is 410 g/mol. The zero-order valence-corrected chi connectivity index (χ0v) is 16.7. The van der Waals surface area contributed by atoms with Crippen LogP contribution >= 0.6 is 0 Å². The number of pyridine rings is 4. The fraction of sp³-hybridized carbons (Fsp3) is 0.0833. The van der Waals surface area contributed by atoms with Gasteiger partial charge in [0.05, 0.1) is 41.1 Å². The van der Waals surface area contributed by atoms with Crippen LogP contribution in [-0.4, -0.2) is 26.2 Å². The summed E-state index contributed by atoms with van der Waals surface area (Å²) in [7, 11) is 1.56. The standard InChI is InChI=1S/C24H18N4O3/c1-31-22-7-3-2-6-21(22)28-12-9-20-18(24(28)30)13-17-19(26-20)8-11-27(23(17)29)15-16-5-4-10-25-14-16/h2-14H,15H2,1H3. The first-order chi connectivity index (χ1) is 15.2. The summed E-state index contributed by atoms with van der Waals surface area (Å²) >= 11 is 0. The van der Waals surface area contributed by atoms with Crippen molar-refractivity contribution < 1.29 is 4.74 Å². The van der Waals surface area contributed by atoms with Gasteiger partial charge >= 0.3 is 0 Å². The Kier molecular flexibility index (Phi) is 4.55. The highest BCUT2D eigenvalue weighted by atomic mass is 16.5. The Bertz CT molecular complexity index is 1540. The van der Waals surface area contributed by atoms with E-state index in [4.69, 9.17) is 4.74 Å². The van der Waals surface area contributed by atoms with Gasteiger partial charge in [0.25, 0.3) is 11.1 Å². The quantitative estimate of drug-likeness (QED) is 0.425. The van der Waals surface area contributed by atoms with Gasteiger partial charge in [-0.05, 0) is 42.0 Å². The van der Waals surface area contributed by atoms with Gasteiger partial charge in [-0.2, -0.15) is 0 Å². The molecule has 7 nitrogen and oxygen atoms in total. The summed E-state index contributed by atoms with van der Waals surface area (Å²) in [5.74, 6) is 0.580. The van der Waals surface area contributed by atoms with Gasteiger partial charge in [0.1, 0.15) is 5.75 Å². The number of rotatable bonds is 4. The molecule has 0 spiro atoms. The van der Waals surface area contributed by atoms with Crippen molar-refractivity contribution in [2.24, 2.45) is 0 Å². The SMILES string of the molecule is COc1ccccc1-n1ccc2nc3ccn(Cc4cccnc4)c(=O)c3cc2c1=O. The van der Waals surface area contributed by atoms with Crippen LogP contribution in [0, 0.1) is 0 Å². The van der Waals surface area contributed by atoms with Crippen molar-refractivity contribution in [2.45, 2.75) is 6.54 Å². The van der Waals surface area contributed by atoms with E-state index in [-0.39, 0.29) is 11.1 Å². The molecule has 0 saturated carbocycles. The zero-order chi connectivity index (χ0) is 21.4. The highest BCUT2D eigenvalue weighted by Gasteiger charge is 2.12. The number of hydrogen-bond acceptors (Lipinski definition) is 5. The number of aromatic nitrogens is 4. The number of nitrogens with zero attached hydrogens (tertiary/aromatic N) is 4. The molecular formula is C24H18N4O3. The third-order valence-electron chi connectivity index (χ3n) is 5.24. The van der Waals surface area contributed by atoms with Gasteiger partial charge in [-0.1, -0.05) is 18.2 Å². The summed E-state index contributed by atoms with van der Waals surface area (Å²) in [5, 5.41) is 0.769. The average Bonchev–Trinajstić information content (AvgIpc) is 2.81. The van der Waals surface area contributed by atoms with Gasteiger partial charge in [-0.25, -0.2) is 4.98 Å². The van der Waals surface area contributed by atoms with Gasteiger partial charge in [-0.15, -0.1) is 0 Å². The first-order valence-electron chi connectivity index (χ1n) is 9.73. The largest absolute Gasteiger partial charge is 0.495 e. The Morgan fingerprint density at radius 3 is 2.45 bits per heavy atom. The first kappa shape index (κ1) is 18.7. The highest BCUT2D eigenvalue weighted by Crippen LogP contribution is 2.22. The van der Waals surface area contributed by atoms with Crippen LogP contribution in [0.25, 0.3) is 27.5 Å². The molecule has 0 aliphatic rings. The number of benzene rings is 1. The molecular weight excluding hydrogens is 392 g/mol. The summed E-state index contributed by atoms with van der Waals surface area (Å²) in [6.45, 7) is 0.390. The van der Waals surface area contributed by atoms with Gasteiger partial charge in [0.2, 0.25) is 0 Å². The van der Waals surface area contributed by atoms with E-state index in [9.17, 15) is 9.59 Å². The fourth-order valence-electron chi connectivity index (χ4n) is 3.70. The van der Waals surface area contributed by atoms with Crippen LogP contribution in [0.3, 0.4) is 0 Å². The van der Waals surface area contributed by atoms with Crippen molar-refractivity contribution in [3.8, 4) is 11.4 Å². The number of methoxy groups -OCH3 is 1. The lowest BCUT2D eigenvalue weighted by Gasteiger charge is -2.12. The molecule has 1 aromatic carbocycles. The third kappa shape index (κ3) is 3.26. The Morgan fingerprint density at radius 2 is 1.68 bits per heavy atom. The third-order valence-corrected chi connectivity index (χ3v) is 5.24. The Hall–Kier alpha value is -4.26. The van der Waals surface area contributed by atoms with Gasteiger partial charge in [-0.3, -0.25) is 19.1 Å². The summed E-state index contributed by atoms with van der Waals surface area (Å²) in [6, 6.07) is 16.2. The van der Waals surface area contributed by atoms with Crippen molar-refractivity contribution in [2.75, 3.05) is 7.11 Å². The van der Waals surface area contributed by atoms with Gasteiger partial charge in [0, 0.05) is 24.8 Å². The number of fused-ring (bicyclic) bond motifs is 2. The molecule has 0 unspecified atom stereocenters. The summed E-state index contributed by atoms with van der Waals surface area (Å²) < 4.78 is 8.49. The predicted molar refractivity (Wildman–Crippen MR) is 119 cm³/mol. The van der Waals surface area contributed by atoms with Crippen LogP contribution in [0.2, 0.25) is 0 Å². The molecule has 0 amide bonds. The molecule has 0 saturated heterocycles. The van der Waals surface area contributed by atoms with Crippen molar-refractivity contribution in [3.05, 3.63) is 106 Å². The maximum atomic E-state index is 13.3. The molecule has 0 N–H and O–H groups in total. The van der Waals surface area contributed by atoms with Crippen LogP contribution in [0.5, 0.6) is 5.75 Å². The van der Waals surface area contributed by atoms with Crippen molar-refractivity contribution in [1.29, 1.82) is 0 Å². The van der Waals surface area contributed by atoms with Crippen molar-refractivity contribution in [1.82, 2.24) is 19.1 Å². The molecule has 0 fully saturated rings. The molecule has 4 heterocycles. The first-order valence-corrected chi connectivity index (χ1v) is 9.73. The van der Waals surface area contributed by atoms with Crippen molar-refractivity contribution in [3.63, 3.8) is 0 Å². The lowest BCUT2D eigenvalue weighted by Crippen LogP contribution is -2.22. The summed E-state index contributed by atoms with van der Waals surface area (Å²) in [4.78, 5) is 35.0. The Labute approximate surface area is 176 Å². The number of hydrogen-bond donors (Lipinski definition) is 0. The smallest absolute Gasteiger partial charge is 0.264 e. The van der Waals surface area contributed by atoms with E-state index in [1.54, 1.807) is 66.8 Å². The molecule has 7 heteroatoms. The molecule has 0 atom stereocenters. The van der Waals surface area contributed by atoms with Crippen molar-refractivity contribution >= 4 is 21.8 Å². The molecule has 0 radical (unpaired) electrons. The van der Waals surface area contributed by atoms with E-state index < -0.39 is 0 Å². The molecule has 4 aromatic heterocycles. The second-order valence-electron chi connectivity index (χ2n) is 7.13. The topological polar surface area (TPSA) is 79.0 Å². The van der Waals surface area contributed by atoms with Gasteiger partial charge in [0.15, 0.2) is 0 Å². The molecule has 31 heavy (non-hydrogen) atoms. The Balaban J connectivity index is 1.70. The number of ether oxygens (including phenoxy) is 1. The second-order valence-corrected chi connectivity index (χ2v) is 7.13. The van der Waals surface area contributed by atoms with Crippen LogP contribution in [0.1, 0.15) is 5.56 Å². The van der Waals surface area contributed by atoms with Crippen LogP contribution in [0.4, 0.5) is 0 Å². The van der Waals surface area contributed by atoms with Gasteiger partial charge < -0.3 is 9.30 Å². The van der Waals surface area contributed by atoms with E-state index in [1.165, 1.54) is 4.57 Å². The minimum Gasteiger partial charge on any atom is -0.495 e. The van der Waals surface area contributed by atoms with E-state index in [1.807, 2.05) is 24.3 Å². The van der Waals surface area contributed by atoms with E-state index in [2.05, 4.69) is 9.97 Å². The molecule has 0 aliphatic carbocycles. The minimum atomic E-state index is -0.265. The Morgan fingerprint density at radius 1 is 0.903 bits per heavy atom. The molecule has 0 aliphatic heterocycles. The van der Waals surface area contributed by atoms with E-state index in [0.717, 1.165) is 5.56 Å². The maximum Gasteiger partial charge on any atom is 0.264 e. The maximum absolute atomic E-state index is 13.3. The van der Waals surface area contributed by atoms with E-state index >= 15 is 0 Å². The molecule has 5 aromatic rings. The van der Waals surface area contributed by atoms with E-state index in [0.29, 0.717) is 39.8 Å². The predicted octanol–water partition coefficient (Wildman–Crippen LogP) is 3.15. The highest BCUT2D eigenvalue weighted by molar-refractivity contribution is 5.91. The lowest BCUT2D eigenvalue weighted by molar-refractivity contribution is 0.412. The molecule has 0 bridgehead atoms. The van der Waals surface area contributed by atoms with Crippen LogP contribution in [-0.2, 0) is 6.54 Å². The fourth-order valence-corrected chi connectivity index (χ4v) is 3.70. The lowest BCUT2D eigenvalue weighted by atomic mass is 10.1. The molecule has 5 rings (SSSR count). The average molecular weight is 410 g/mol. The minimum absolute atomic E-state index is 0.206. The summed E-state index contributed by atoms with van der Waals surface area (Å²) in [6.07, 6.45) is 6.80. The van der Waals surface area contributed by atoms with Crippen LogP contribution < -0.4 is 15.9 Å². The second kappa shape index (κ2) is 7.53. The summed E-state index contributed by atoms with van der Waals surface area (Å²) in [5.41, 5.74) is 2.15. The number of para-hydroxylation sites is 2. The molecule has 152 valence electrons. The zero-order valence-electron chi connectivity index (χ0n) is 16.7.